The fraction of sp³-hybridized carbons (Fsp3) is 0.182. The Morgan fingerprint density at radius 3 is 3.07 bits per heavy atom. The van der Waals surface area contributed by atoms with Crippen molar-refractivity contribution in [1.82, 2.24) is 0 Å². The number of benzene rings is 1. The monoisotopic (exact) mass is 208 g/mol. The Morgan fingerprint density at radius 1 is 1.53 bits per heavy atom. The van der Waals surface area contributed by atoms with Gasteiger partial charge in [0.05, 0.1) is 5.56 Å². The Balaban J connectivity index is 2.49. The van der Waals surface area contributed by atoms with Gasteiger partial charge in [0.2, 0.25) is 0 Å². The second-order valence-corrected chi connectivity index (χ2v) is 3.10. The fourth-order valence-corrected chi connectivity index (χ4v) is 1.40. The van der Waals surface area contributed by atoms with Crippen LogP contribution in [0.25, 0.3) is 6.08 Å². The molecule has 1 aliphatic heterocycles. The number of ether oxygens (including phenoxy) is 2. The summed E-state index contributed by atoms with van der Waals surface area (Å²) >= 11 is 0. The molecule has 0 saturated heterocycles. The van der Waals surface area contributed by atoms with E-state index in [0.29, 0.717) is 17.9 Å². The maximum absolute atomic E-state index is 13.3. The predicted molar refractivity (Wildman–Crippen MR) is 52.2 cm³/mol. The van der Waals surface area contributed by atoms with Gasteiger partial charge in [0.1, 0.15) is 12.4 Å². The van der Waals surface area contributed by atoms with Gasteiger partial charge in [-0.25, -0.2) is 4.39 Å². The molecule has 0 saturated carbocycles. The molecule has 2 rings (SSSR count). The largest absolute Gasteiger partial charge is 0.486 e. The smallest absolute Gasteiger partial charge is 0.308 e. The van der Waals surface area contributed by atoms with Crippen LogP contribution in [0.5, 0.6) is 11.5 Å². The van der Waals surface area contributed by atoms with E-state index in [-0.39, 0.29) is 5.75 Å². The summed E-state index contributed by atoms with van der Waals surface area (Å²) in [4.78, 5) is 10.8. The van der Waals surface area contributed by atoms with Crippen LogP contribution >= 0.6 is 0 Å². The van der Waals surface area contributed by atoms with Crippen LogP contribution < -0.4 is 9.47 Å². The summed E-state index contributed by atoms with van der Waals surface area (Å²) in [6.45, 7) is 1.62. The second kappa shape index (κ2) is 3.73. The number of hydrogen-bond acceptors (Lipinski definition) is 3. The molecule has 0 N–H and O–H groups in total. The first-order chi connectivity index (χ1) is 7.18. The van der Waals surface area contributed by atoms with Gasteiger partial charge in [0.15, 0.2) is 11.6 Å². The van der Waals surface area contributed by atoms with Gasteiger partial charge in [-0.15, -0.1) is 0 Å². The number of carbonyl (C=O) groups excluding carboxylic acids is 1. The summed E-state index contributed by atoms with van der Waals surface area (Å²) in [5.41, 5.74) is 0.469. The molecule has 0 aliphatic carbocycles. The zero-order valence-corrected chi connectivity index (χ0v) is 8.12. The molecular weight excluding hydrogens is 199 g/mol. The van der Waals surface area contributed by atoms with Crippen molar-refractivity contribution in [2.45, 2.75) is 6.92 Å². The van der Waals surface area contributed by atoms with Crippen molar-refractivity contribution in [3.63, 3.8) is 0 Å². The molecule has 0 unspecified atom stereocenters. The van der Waals surface area contributed by atoms with E-state index in [0.717, 1.165) is 0 Å². The second-order valence-electron chi connectivity index (χ2n) is 3.10. The summed E-state index contributed by atoms with van der Waals surface area (Å²) in [5, 5.41) is 0. The number of hydrogen-bond donors (Lipinski definition) is 0. The molecule has 0 bridgehead atoms. The van der Waals surface area contributed by atoms with E-state index >= 15 is 0 Å². The highest BCUT2D eigenvalue weighted by Gasteiger charge is 2.17. The summed E-state index contributed by atoms with van der Waals surface area (Å²) in [7, 11) is 0. The Morgan fingerprint density at radius 2 is 2.33 bits per heavy atom. The van der Waals surface area contributed by atoms with Crippen LogP contribution in [0.15, 0.2) is 18.2 Å². The summed E-state index contributed by atoms with van der Waals surface area (Å²) in [6.07, 6.45) is 3.41. The van der Waals surface area contributed by atoms with Crippen molar-refractivity contribution < 1.29 is 18.7 Å². The van der Waals surface area contributed by atoms with Gasteiger partial charge >= 0.3 is 5.97 Å². The highest BCUT2D eigenvalue weighted by atomic mass is 19.1. The Hall–Kier alpha value is -1.84. The first-order valence-electron chi connectivity index (χ1n) is 4.49. The number of fused-ring (bicyclic) bond motifs is 1. The first-order valence-corrected chi connectivity index (χ1v) is 4.49. The fourth-order valence-electron chi connectivity index (χ4n) is 1.40. The van der Waals surface area contributed by atoms with E-state index in [4.69, 9.17) is 9.47 Å². The van der Waals surface area contributed by atoms with E-state index in [2.05, 4.69) is 0 Å². The Labute approximate surface area is 86.1 Å². The Bertz CT molecular complexity index is 438. The lowest BCUT2D eigenvalue weighted by atomic mass is 10.1. The molecule has 0 fully saturated rings. The average molecular weight is 208 g/mol. The molecular formula is C11H9FO3. The molecule has 1 aliphatic rings. The minimum atomic E-state index is -0.453. The number of carbonyl (C=O) groups is 1. The molecule has 0 atom stereocenters. The van der Waals surface area contributed by atoms with Gasteiger partial charge in [-0.2, -0.15) is 0 Å². The van der Waals surface area contributed by atoms with E-state index in [1.54, 1.807) is 12.2 Å². The molecule has 1 aromatic rings. The molecule has 78 valence electrons. The SMILES string of the molecule is CC(=O)Oc1ccc(F)c2c1C=CCO2. The van der Waals surface area contributed by atoms with E-state index in [1.165, 1.54) is 19.1 Å². The lowest BCUT2D eigenvalue weighted by Gasteiger charge is -2.15. The maximum Gasteiger partial charge on any atom is 0.308 e. The quantitative estimate of drug-likeness (QED) is 0.524. The lowest BCUT2D eigenvalue weighted by molar-refractivity contribution is -0.131. The van der Waals surface area contributed by atoms with Crippen LogP contribution in [0.2, 0.25) is 0 Å². The third-order valence-corrected chi connectivity index (χ3v) is 1.97. The van der Waals surface area contributed by atoms with Crippen molar-refractivity contribution in [2.24, 2.45) is 0 Å². The summed E-state index contributed by atoms with van der Waals surface area (Å²) in [6, 6.07) is 2.63. The lowest BCUT2D eigenvalue weighted by Crippen LogP contribution is -2.07. The highest BCUT2D eigenvalue weighted by molar-refractivity contribution is 5.74. The van der Waals surface area contributed by atoms with Gasteiger partial charge in [0.25, 0.3) is 0 Å². The van der Waals surface area contributed by atoms with E-state index < -0.39 is 11.8 Å². The standard InChI is InChI=1S/C11H9FO3/c1-7(13)15-10-5-4-9(12)11-8(10)3-2-6-14-11/h2-5H,6H2,1H3. The molecule has 0 radical (unpaired) electrons. The molecule has 0 amide bonds. The third-order valence-electron chi connectivity index (χ3n) is 1.97. The van der Waals surface area contributed by atoms with Gasteiger partial charge < -0.3 is 9.47 Å². The number of rotatable bonds is 1. The van der Waals surface area contributed by atoms with Crippen molar-refractivity contribution in [3.05, 3.63) is 29.6 Å². The topological polar surface area (TPSA) is 35.5 Å². The molecule has 3 nitrogen and oxygen atoms in total. The molecule has 1 heterocycles. The maximum atomic E-state index is 13.3. The van der Waals surface area contributed by atoms with Crippen molar-refractivity contribution in [1.29, 1.82) is 0 Å². The van der Waals surface area contributed by atoms with Crippen molar-refractivity contribution in [3.8, 4) is 11.5 Å². The molecule has 0 aromatic heterocycles. The average Bonchev–Trinajstić information content (AvgIpc) is 2.22. The first kappa shape index (κ1) is 9.71. The Kier molecular flexibility index (Phi) is 2.41. The van der Waals surface area contributed by atoms with Crippen LogP contribution in [0.3, 0.4) is 0 Å². The van der Waals surface area contributed by atoms with Crippen LogP contribution in [0.4, 0.5) is 4.39 Å². The molecule has 1 aromatic carbocycles. The van der Waals surface area contributed by atoms with Crippen LogP contribution in [0.1, 0.15) is 12.5 Å². The highest BCUT2D eigenvalue weighted by Crippen LogP contribution is 2.34. The molecule has 4 heteroatoms. The number of esters is 1. The third kappa shape index (κ3) is 1.83. The zero-order chi connectivity index (χ0) is 10.8. The molecule has 15 heavy (non-hydrogen) atoms. The van der Waals surface area contributed by atoms with Gasteiger partial charge in [0, 0.05) is 6.92 Å². The van der Waals surface area contributed by atoms with Gasteiger partial charge in [-0.05, 0) is 24.3 Å². The van der Waals surface area contributed by atoms with Crippen molar-refractivity contribution >= 4 is 12.0 Å². The minimum absolute atomic E-state index is 0.135. The zero-order valence-electron chi connectivity index (χ0n) is 8.12. The predicted octanol–water partition coefficient (Wildman–Crippen LogP) is 2.16. The van der Waals surface area contributed by atoms with Gasteiger partial charge in [-0.3, -0.25) is 4.79 Å². The van der Waals surface area contributed by atoms with Crippen LogP contribution in [0, 0.1) is 5.82 Å². The van der Waals surface area contributed by atoms with E-state index in [9.17, 15) is 9.18 Å². The summed E-state index contributed by atoms with van der Waals surface area (Å²) in [5.74, 6) is -0.445. The van der Waals surface area contributed by atoms with Crippen molar-refractivity contribution in [2.75, 3.05) is 6.61 Å². The molecule has 0 spiro atoms. The number of halogens is 1. The normalized spacial score (nSPS) is 12.9. The van der Waals surface area contributed by atoms with Crippen LogP contribution in [-0.2, 0) is 4.79 Å². The van der Waals surface area contributed by atoms with Crippen LogP contribution in [-0.4, -0.2) is 12.6 Å². The van der Waals surface area contributed by atoms with Gasteiger partial charge in [-0.1, -0.05) is 0 Å². The van der Waals surface area contributed by atoms with E-state index in [1.807, 2.05) is 0 Å². The minimum Gasteiger partial charge on any atom is -0.486 e. The summed E-state index contributed by atoms with van der Waals surface area (Å²) < 4.78 is 23.3.